The Morgan fingerprint density at radius 2 is 2.22 bits per heavy atom. The lowest BCUT2D eigenvalue weighted by molar-refractivity contribution is -0.384. The van der Waals surface area contributed by atoms with Gasteiger partial charge in [0.15, 0.2) is 0 Å². The van der Waals surface area contributed by atoms with Crippen LogP contribution in [-0.2, 0) is 0 Å². The molecule has 0 radical (unpaired) electrons. The highest BCUT2D eigenvalue weighted by Crippen LogP contribution is 2.32. The quantitative estimate of drug-likeness (QED) is 0.417. The van der Waals surface area contributed by atoms with Crippen LogP contribution in [0.2, 0.25) is 0 Å². The topological polar surface area (TPSA) is 138 Å². The second kappa shape index (κ2) is 5.96. The van der Waals surface area contributed by atoms with Crippen molar-refractivity contribution in [1.29, 1.82) is 0 Å². The van der Waals surface area contributed by atoms with Crippen LogP contribution in [0.25, 0.3) is 11.3 Å². The molecule has 0 spiro atoms. The van der Waals surface area contributed by atoms with Crippen LogP contribution < -0.4 is 5.73 Å². The first kappa shape index (κ1) is 14.8. The molecule has 2 aromatic heterocycles. The van der Waals surface area contributed by atoms with Gasteiger partial charge >= 0.3 is 0 Å². The van der Waals surface area contributed by atoms with Gasteiger partial charge in [-0.25, -0.2) is 0 Å². The fourth-order valence-electron chi connectivity index (χ4n) is 1.77. The molecule has 2 heterocycles. The first-order chi connectivity index (χ1) is 11.0. The van der Waals surface area contributed by atoms with Crippen LogP contribution in [0.15, 0.2) is 44.3 Å². The number of rotatable bonds is 4. The number of nitro groups is 1. The number of nitrogens with zero attached hydrogens (tertiary/aromatic N) is 6. The van der Waals surface area contributed by atoms with Crippen LogP contribution in [-0.4, -0.2) is 31.5 Å². The predicted octanol–water partition coefficient (Wildman–Crippen LogP) is 2.07. The Labute approximate surface area is 136 Å². The van der Waals surface area contributed by atoms with Crippen molar-refractivity contribution in [3.8, 4) is 11.3 Å². The summed E-state index contributed by atoms with van der Waals surface area (Å²) in [4.78, 5) is 11.4. The third-order valence-corrected chi connectivity index (χ3v) is 3.52. The van der Waals surface area contributed by atoms with E-state index in [4.69, 9.17) is 10.2 Å². The van der Waals surface area contributed by atoms with Gasteiger partial charge in [-0.2, -0.15) is 5.10 Å². The van der Waals surface area contributed by atoms with Crippen molar-refractivity contribution >= 4 is 33.8 Å². The van der Waals surface area contributed by atoms with Gasteiger partial charge in [-0.1, -0.05) is 25.8 Å². The van der Waals surface area contributed by atoms with Crippen molar-refractivity contribution in [2.24, 2.45) is 5.10 Å². The number of anilines is 1. The molecule has 23 heavy (non-hydrogen) atoms. The molecule has 11 heteroatoms. The molecule has 10 nitrogen and oxygen atoms in total. The highest BCUT2D eigenvalue weighted by Gasteiger charge is 2.13. The molecule has 3 rings (SSSR count). The van der Waals surface area contributed by atoms with E-state index in [0.29, 0.717) is 21.6 Å². The van der Waals surface area contributed by atoms with E-state index in [9.17, 15) is 10.1 Å². The van der Waals surface area contributed by atoms with Crippen molar-refractivity contribution in [2.45, 2.75) is 0 Å². The van der Waals surface area contributed by atoms with Crippen LogP contribution >= 0.6 is 15.9 Å². The minimum absolute atomic E-state index is 0.0312. The van der Waals surface area contributed by atoms with Crippen molar-refractivity contribution in [3.63, 3.8) is 0 Å². The van der Waals surface area contributed by atoms with Crippen LogP contribution in [0.1, 0.15) is 5.76 Å². The van der Waals surface area contributed by atoms with Crippen LogP contribution in [0.5, 0.6) is 0 Å². The van der Waals surface area contributed by atoms with E-state index in [1.807, 2.05) is 0 Å². The van der Waals surface area contributed by atoms with Crippen LogP contribution in [0.4, 0.5) is 11.6 Å². The zero-order valence-corrected chi connectivity index (χ0v) is 12.9. The van der Waals surface area contributed by atoms with E-state index in [-0.39, 0.29) is 11.6 Å². The molecular weight excluding hydrogens is 370 g/mol. The summed E-state index contributed by atoms with van der Waals surface area (Å²) in [6, 6.07) is 7.74. The van der Waals surface area contributed by atoms with Crippen molar-refractivity contribution in [2.75, 3.05) is 5.73 Å². The summed E-state index contributed by atoms with van der Waals surface area (Å²) in [6.07, 6.45) is 1.38. The molecule has 0 bridgehead atoms. The molecule has 0 aliphatic carbocycles. The van der Waals surface area contributed by atoms with E-state index >= 15 is 0 Å². The number of aromatic nitrogens is 4. The Morgan fingerprint density at radius 1 is 1.39 bits per heavy atom. The minimum atomic E-state index is -0.470. The second-order valence-electron chi connectivity index (χ2n) is 4.29. The van der Waals surface area contributed by atoms with Gasteiger partial charge in [-0.3, -0.25) is 10.1 Å². The summed E-state index contributed by atoms with van der Waals surface area (Å²) in [5, 5.41) is 25.2. The van der Waals surface area contributed by atoms with Gasteiger partial charge in [0.25, 0.3) is 11.6 Å². The van der Waals surface area contributed by atoms with Crippen LogP contribution in [0, 0.1) is 10.1 Å². The Hall–Kier alpha value is -3.08. The van der Waals surface area contributed by atoms with E-state index < -0.39 is 4.92 Å². The van der Waals surface area contributed by atoms with Gasteiger partial charge in [0.05, 0.1) is 11.1 Å². The molecule has 0 saturated carbocycles. The summed E-state index contributed by atoms with van der Waals surface area (Å²) >= 11 is 3.34. The molecule has 0 saturated heterocycles. The highest BCUT2D eigenvalue weighted by molar-refractivity contribution is 9.10. The van der Waals surface area contributed by atoms with Gasteiger partial charge in [0, 0.05) is 22.2 Å². The summed E-state index contributed by atoms with van der Waals surface area (Å²) in [7, 11) is 0. The molecule has 0 aliphatic heterocycles. The number of halogens is 1. The molecule has 2 N–H and O–H groups in total. The summed E-state index contributed by atoms with van der Waals surface area (Å²) < 4.78 is 6.27. The number of nitrogen functional groups attached to an aromatic ring is 1. The average Bonchev–Trinajstić information content (AvgIpc) is 3.14. The zero-order valence-electron chi connectivity index (χ0n) is 11.3. The van der Waals surface area contributed by atoms with Crippen molar-refractivity contribution in [3.05, 3.63) is 50.7 Å². The van der Waals surface area contributed by atoms with Gasteiger partial charge in [0.1, 0.15) is 11.5 Å². The number of nitro benzene ring substituents is 1. The Kier molecular flexibility index (Phi) is 3.85. The van der Waals surface area contributed by atoms with E-state index in [2.05, 4.69) is 36.6 Å². The van der Waals surface area contributed by atoms with E-state index in [0.717, 1.165) is 4.79 Å². The molecule has 0 atom stereocenters. The molecular formula is C12H8BrN7O3. The number of nitrogens with two attached hydrogens (primary N) is 1. The molecule has 116 valence electrons. The first-order valence-electron chi connectivity index (χ1n) is 6.17. The molecule has 0 aliphatic rings. The van der Waals surface area contributed by atoms with Crippen molar-refractivity contribution < 1.29 is 9.34 Å². The second-order valence-corrected chi connectivity index (χ2v) is 5.15. The predicted molar refractivity (Wildman–Crippen MR) is 83.7 cm³/mol. The zero-order chi connectivity index (χ0) is 16.4. The van der Waals surface area contributed by atoms with Crippen molar-refractivity contribution in [1.82, 2.24) is 20.3 Å². The Balaban J connectivity index is 1.90. The summed E-state index contributed by atoms with van der Waals surface area (Å²) in [6.45, 7) is 0. The SMILES string of the molecule is Nc1nnnn1/N=C/c1ccc(-c2cc([N+](=O)[O-])ccc2Br)o1. The highest BCUT2D eigenvalue weighted by atomic mass is 79.9. The molecule has 0 fully saturated rings. The maximum atomic E-state index is 10.9. The van der Waals surface area contributed by atoms with E-state index in [1.54, 1.807) is 18.2 Å². The number of hydrogen-bond acceptors (Lipinski definition) is 8. The maximum absolute atomic E-state index is 10.9. The van der Waals surface area contributed by atoms with Crippen LogP contribution in [0.3, 0.4) is 0 Å². The van der Waals surface area contributed by atoms with Gasteiger partial charge in [-0.15, -0.1) is 0 Å². The average molecular weight is 378 g/mol. The number of benzene rings is 1. The fraction of sp³-hybridized carbons (Fsp3) is 0. The normalized spacial score (nSPS) is 11.2. The third kappa shape index (κ3) is 3.08. The van der Waals surface area contributed by atoms with Gasteiger partial charge in [-0.05, 0) is 28.6 Å². The monoisotopic (exact) mass is 377 g/mol. The summed E-state index contributed by atoms with van der Waals surface area (Å²) in [5.74, 6) is 0.898. The lowest BCUT2D eigenvalue weighted by Crippen LogP contribution is -1.99. The lowest BCUT2D eigenvalue weighted by atomic mass is 10.1. The number of tetrazole rings is 1. The lowest BCUT2D eigenvalue weighted by Gasteiger charge is -2.00. The number of hydrogen-bond donors (Lipinski definition) is 1. The van der Waals surface area contributed by atoms with Gasteiger partial charge in [0.2, 0.25) is 0 Å². The minimum Gasteiger partial charge on any atom is -0.455 e. The molecule has 0 unspecified atom stereocenters. The van der Waals surface area contributed by atoms with Gasteiger partial charge < -0.3 is 10.2 Å². The summed E-state index contributed by atoms with van der Waals surface area (Å²) in [5.41, 5.74) is 6.00. The number of non-ortho nitro benzene ring substituents is 1. The fourth-order valence-corrected chi connectivity index (χ4v) is 2.21. The molecule has 0 amide bonds. The largest absolute Gasteiger partial charge is 0.455 e. The Morgan fingerprint density at radius 3 is 2.91 bits per heavy atom. The maximum Gasteiger partial charge on any atom is 0.270 e. The number of furan rings is 1. The standard InChI is InChI=1S/C12H8BrN7O3/c13-10-3-1-7(20(21)22)5-9(10)11-4-2-8(23-11)6-15-19-12(14)16-17-18-19/h1-6H,(H2,14,16,18)/b15-6+. The smallest absolute Gasteiger partial charge is 0.270 e. The van der Waals surface area contributed by atoms with E-state index in [1.165, 1.54) is 18.3 Å². The first-order valence-corrected chi connectivity index (χ1v) is 6.96. The third-order valence-electron chi connectivity index (χ3n) is 2.82. The Bertz CT molecular complexity index is 902. The molecule has 1 aromatic carbocycles. The molecule has 3 aromatic rings.